The van der Waals surface area contributed by atoms with Crippen LogP contribution in [0.5, 0.6) is 0 Å². The Morgan fingerprint density at radius 1 is 1.69 bits per heavy atom. The van der Waals surface area contributed by atoms with Gasteiger partial charge in [-0.3, -0.25) is 5.32 Å². The van der Waals surface area contributed by atoms with E-state index in [1.807, 2.05) is 13.0 Å². The van der Waals surface area contributed by atoms with Gasteiger partial charge in [-0.25, -0.2) is 0 Å². The van der Waals surface area contributed by atoms with E-state index in [-0.39, 0.29) is 6.04 Å². The van der Waals surface area contributed by atoms with Gasteiger partial charge >= 0.3 is 0 Å². The molecule has 70 valence electrons. The fraction of sp³-hybridized carbons (Fsp3) is 0.333. The highest BCUT2D eigenvalue weighted by Gasteiger charge is 2.11. The summed E-state index contributed by atoms with van der Waals surface area (Å²) in [5.41, 5.74) is 0. The average Bonchev–Trinajstić information content (AvgIpc) is 2.43. The lowest BCUT2D eigenvalue weighted by molar-refractivity contribution is 0.674. The van der Waals surface area contributed by atoms with Crippen LogP contribution in [0.15, 0.2) is 14.3 Å². The number of rotatable bonds is 3. The lowest BCUT2D eigenvalue weighted by Crippen LogP contribution is -2.17. The van der Waals surface area contributed by atoms with Crippen molar-refractivity contribution >= 4 is 43.2 Å². The third-order valence-electron chi connectivity index (χ3n) is 1.52. The van der Waals surface area contributed by atoms with Crippen molar-refractivity contribution in [2.75, 3.05) is 6.54 Å². The predicted octanol–water partition coefficient (Wildman–Crippen LogP) is 3.56. The van der Waals surface area contributed by atoms with Crippen LogP contribution in [0.2, 0.25) is 0 Å². The van der Waals surface area contributed by atoms with Crippen molar-refractivity contribution in [2.45, 2.75) is 13.0 Å². The Labute approximate surface area is 99.2 Å². The second kappa shape index (κ2) is 5.16. The molecule has 1 nitrogen and oxygen atoms in total. The van der Waals surface area contributed by atoms with Gasteiger partial charge in [0.15, 0.2) is 0 Å². The van der Waals surface area contributed by atoms with E-state index in [0.29, 0.717) is 0 Å². The third-order valence-corrected chi connectivity index (χ3v) is 4.84. The number of hydrogen-bond acceptors (Lipinski definition) is 2. The predicted molar refractivity (Wildman–Crippen MR) is 65.0 cm³/mol. The van der Waals surface area contributed by atoms with Crippen molar-refractivity contribution in [3.8, 4) is 12.3 Å². The third kappa shape index (κ3) is 2.81. The molecule has 0 saturated heterocycles. The van der Waals surface area contributed by atoms with Crippen molar-refractivity contribution in [2.24, 2.45) is 0 Å². The van der Waals surface area contributed by atoms with Gasteiger partial charge in [-0.2, -0.15) is 0 Å². The quantitative estimate of drug-likeness (QED) is 0.839. The zero-order chi connectivity index (χ0) is 9.84. The largest absolute Gasteiger partial charge is 0.300 e. The molecule has 0 radical (unpaired) electrons. The van der Waals surface area contributed by atoms with Crippen LogP contribution in [0.4, 0.5) is 0 Å². The Balaban J connectivity index is 2.87. The molecule has 0 amide bonds. The van der Waals surface area contributed by atoms with Crippen molar-refractivity contribution in [3.63, 3.8) is 0 Å². The summed E-state index contributed by atoms with van der Waals surface area (Å²) < 4.78 is 2.14. The van der Waals surface area contributed by atoms with Crippen LogP contribution in [0, 0.1) is 12.3 Å². The van der Waals surface area contributed by atoms with Gasteiger partial charge in [0.05, 0.1) is 3.79 Å². The average molecular weight is 323 g/mol. The van der Waals surface area contributed by atoms with E-state index >= 15 is 0 Å². The van der Waals surface area contributed by atoms with Gasteiger partial charge in [-0.05, 0) is 44.5 Å². The molecule has 4 heteroatoms. The van der Waals surface area contributed by atoms with Crippen LogP contribution in [-0.4, -0.2) is 6.54 Å². The first-order valence-electron chi connectivity index (χ1n) is 3.83. The number of hydrogen-bond donors (Lipinski definition) is 1. The summed E-state index contributed by atoms with van der Waals surface area (Å²) in [4.78, 5) is 1.16. The standard InChI is InChI=1S/C9H9Br2NS/c1-3-7(12-4-2)8-5-6(10)9(11)13-8/h1,5,7,12H,4H2,2H3. The van der Waals surface area contributed by atoms with E-state index in [1.165, 1.54) is 0 Å². The highest BCUT2D eigenvalue weighted by molar-refractivity contribution is 9.13. The van der Waals surface area contributed by atoms with Crippen LogP contribution < -0.4 is 5.32 Å². The summed E-state index contributed by atoms with van der Waals surface area (Å²) in [6.07, 6.45) is 5.41. The highest BCUT2D eigenvalue weighted by atomic mass is 79.9. The Hall–Kier alpha value is 0.180. The van der Waals surface area contributed by atoms with Gasteiger partial charge in [0.2, 0.25) is 0 Å². The van der Waals surface area contributed by atoms with Gasteiger partial charge in [0.25, 0.3) is 0 Å². The zero-order valence-electron chi connectivity index (χ0n) is 7.10. The number of nitrogens with one attached hydrogen (secondary N) is 1. The summed E-state index contributed by atoms with van der Waals surface area (Å²) >= 11 is 8.52. The fourth-order valence-corrected chi connectivity index (χ4v) is 3.08. The molecule has 0 saturated carbocycles. The van der Waals surface area contributed by atoms with Gasteiger partial charge in [0.1, 0.15) is 6.04 Å². The topological polar surface area (TPSA) is 12.0 Å². The van der Waals surface area contributed by atoms with Crippen LogP contribution in [0.3, 0.4) is 0 Å². The maximum absolute atomic E-state index is 5.41. The van der Waals surface area contributed by atoms with Gasteiger partial charge in [-0.1, -0.05) is 12.8 Å². The summed E-state index contributed by atoms with van der Waals surface area (Å²) in [6, 6.07) is 2.07. The van der Waals surface area contributed by atoms with Crippen LogP contribution in [0.25, 0.3) is 0 Å². The lowest BCUT2D eigenvalue weighted by atomic mass is 10.2. The number of thiophene rings is 1. The molecular weight excluding hydrogens is 314 g/mol. The van der Waals surface area contributed by atoms with Crippen LogP contribution in [-0.2, 0) is 0 Å². The summed E-state index contributed by atoms with van der Waals surface area (Å²) in [6.45, 7) is 2.92. The monoisotopic (exact) mass is 321 g/mol. The molecule has 0 aliphatic carbocycles. The van der Waals surface area contributed by atoms with E-state index in [1.54, 1.807) is 11.3 Å². The molecule has 1 atom stereocenters. The molecule has 0 aromatic carbocycles. The molecule has 1 aromatic rings. The minimum absolute atomic E-state index is 0.0256. The first kappa shape index (κ1) is 11.3. The zero-order valence-corrected chi connectivity index (χ0v) is 11.1. The van der Waals surface area contributed by atoms with Crippen LogP contribution in [0.1, 0.15) is 17.8 Å². The molecule has 0 bridgehead atoms. The summed E-state index contributed by atoms with van der Waals surface area (Å²) in [7, 11) is 0. The fourth-order valence-electron chi connectivity index (χ4n) is 0.951. The van der Waals surface area contributed by atoms with Crippen molar-refractivity contribution in [1.82, 2.24) is 5.32 Å². The second-order valence-electron chi connectivity index (χ2n) is 2.43. The van der Waals surface area contributed by atoms with E-state index in [0.717, 1.165) is 19.7 Å². The molecule has 1 heterocycles. The smallest absolute Gasteiger partial charge is 0.104 e. The number of terminal acetylenes is 1. The van der Waals surface area contributed by atoms with E-state index in [9.17, 15) is 0 Å². The van der Waals surface area contributed by atoms with E-state index < -0.39 is 0 Å². The first-order chi connectivity index (χ1) is 6.19. The van der Waals surface area contributed by atoms with E-state index in [4.69, 9.17) is 6.42 Å². The minimum atomic E-state index is 0.0256. The lowest BCUT2D eigenvalue weighted by Gasteiger charge is -2.07. The Morgan fingerprint density at radius 2 is 2.38 bits per heavy atom. The maximum atomic E-state index is 5.41. The Bertz CT molecular complexity index is 307. The minimum Gasteiger partial charge on any atom is -0.300 e. The number of halogens is 2. The van der Waals surface area contributed by atoms with Gasteiger partial charge in [0, 0.05) is 9.35 Å². The molecule has 1 N–H and O–H groups in total. The van der Waals surface area contributed by atoms with Gasteiger partial charge in [-0.15, -0.1) is 17.8 Å². The van der Waals surface area contributed by atoms with Crippen molar-refractivity contribution in [1.29, 1.82) is 0 Å². The molecule has 1 unspecified atom stereocenters. The Kier molecular flexibility index (Phi) is 4.47. The van der Waals surface area contributed by atoms with Gasteiger partial charge < -0.3 is 0 Å². The van der Waals surface area contributed by atoms with Crippen LogP contribution >= 0.6 is 43.2 Å². The molecule has 0 fully saturated rings. The molecular formula is C9H9Br2NS. The van der Waals surface area contributed by atoms with Crippen molar-refractivity contribution < 1.29 is 0 Å². The first-order valence-corrected chi connectivity index (χ1v) is 6.23. The second-order valence-corrected chi connectivity index (χ2v) is 5.68. The molecule has 0 spiro atoms. The molecule has 0 aliphatic heterocycles. The maximum Gasteiger partial charge on any atom is 0.104 e. The van der Waals surface area contributed by atoms with E-state index in [2.05, 4.69) is 43.1 Å². The molecule has 0 aliphatic rings. The summed E-state index contributed by atoms with van der Waals surface area (Å²) in [5.74, 6) is 2.72. The Morgan fingerprint density at radius 3 is 2.77 bits per heavy atom. The molecule has 13 heavy (non-hydrogen) atoms. The van der Waals surface area contributed by atoms with Crippen molar-refractivity contribution in [3.05, 3.63) is 19.2 Å². The molecule has 1 aromatic heterocycles. The SMILES string of the molecule is C#CC(NCC)c1cc(Br)c(Br)s1. The highest BCUT2D eigenvalue weighted by Crippen LogP contribution is 2.35. The normalized spacial score (nSPS) is 12.5. The molecule has 1 rings (SSSR count). The summed E-state index contributed by atoms with van der Waals surface area (Å²) in [5, 5.41) is 3.22.